The highest BCUT2D eigenvalue weighted by Gasteiger charge is 2.40. The predicted molar refractivity (Wildman–Crippen MR) is 81.2 cm³/mol. The van der Waals surface area contributed by atoms with E-state index in [-0.39, 0.29) is 25.1 Å². The number of halogens is 3. The Labute approximate surface area is 137 Å². The van der Waals surface area contributed by atoms with E-state index in [1.807, 2.05) is 6.92 Å². The maximum atomic E-state index is 13.3. The molecule has 3 rings (SSSR count). The Morgan fingerprint density at radius 2 is 2.00 bits per heavy atom. The van der Waals surface area contributed by atoms with Gasteiger partial charge in [0.1, 0.15) is 5.76 Å². The van der Waals surface area contributed by atoms with Gasteiger partial charge in [-0.15, -0.1) is 0 Å². The van der Waals surface area contributed by atoms with Crippen molar-refractivity contribution in [3.05, 3.63) is 52.7 Å². The minimum Gasteiger partial charge on any atom is -0.444 e. The molecule has 4 nitrogen and oxygen atoms in total. The highest BCUT2D eigenvalue weighted by Crippen LogP contribution is 2.40. The number of alkyl halides is 3. The van der Waals surface area contributed by atoms with E-state index in [4.69, 9.17) is 4.42 Å². The third-order valence-electron chi connectivity index (χ3n) is 4.42. The number of β-amino-alcohol motifs (C(OH)–C–C–N with tert-alkyl or cyclic N) is 1. The molecule has 0 amide bonds. The second kappa shape index (κ2) is 6.22. The van der Waals surface area contributed by atoms with Crippen LogP contribution in [-0.4, -0.2) is 27.6 Å². The highest BCUT2D eigenvalue weighted by atomic mass is 19.4. The normalized spacial score (nSPS) is 22.2. The number of oxazole rings is 1. The van der Waals surface area contributed by atoms with Crippen molar-refractivity contribution in [2.45, 2.75) is 45.1 Å². The van der Waals surface area contributed by atoms with Crippen LogP contribution in [0.5, 0.6) is 0 Å². The largest absolute Gasteiger partial charge is 0.444 e. The minimum absolute atomic E-state index is 0.182. The third-order valence-corrected chi connectivity index (χ3v) is 4.42. The van der Waals surface area contributed by atoms with Crippen molar-refractivity contribution in [3.8, 4) is 0 Å². The molecule has 1 aromatic carbocycles. The van der Waals surface area contributed by atoms with Gasteiger partial charge in [0.25, 0.3) is 0 Å². The van der Waals surface area contributed by atoms with E-state index in [2.05, 4.69) is 4.98 Å². The summed E-state index contributed by atoms with van der Waals surface area (Å²) in [6.45, 7) is 4.17. The van der Waals surface area contributed by atoms with Crippen molar-refractivity contribution in [3.63, 3.8) is 0 Å². The third kappa shape index (κ3) is 3.32. The molecular formula is C17H19F3N2O2. The molecule has 2 atom stereocenters. The Morgan fingerprint density at radius 1 is 1.29 bits per heavy atom. The van der Waals surface area contributed by atoms with Crippen LogP contribution in [0.25, 0.3) is 0 Å². The van der Waals surface area contributed by atoms with Gasteiger partial charge in [0.2, 0.25) is 5.89 Å². The molecular weight excluding hydrogens is 321 g/mol. The number of aryl methyl sites for hydroxylation is 2. The number of aliphatic hydroxyl groups excluding tert-OH is 1. The van der Waals surface area contributed by atoms with Gasteiger partial charge in [-0.1, -0.05) is 18.2 Å². The summed E-state index contributed by atoms with van der Waals surface area (Å²) < 4.78 is 45.4. The molecule has 2 aromatic rings. The molecule has 2 heterocycles. The van der Waals surface area contributed by atoms with Crippen LogP contribution in [0.2, 0.25) is 0 Å². The van der Waals surface area contributed by atoms with E-state index in [1.165, 1.54) is 12.1 Å². The molecule has 0 aliphatic carbocycles. The molecule has 0 bridgehead atoms. The topological polar surface area (TPSA) is 49.5 Å². The quantitative estimate of drug-likeness (QED) is 0.927. The van der Waals surface area contributed by atoms with Crippen molar-refractivity contribution >= 4 is 0 Å². The van der Waals surface area contributed by atoms with Gasteiger partial charge in [-0.05, 0) is 31.9 Å². The van der Waals surface area contributed by atoms with E-state index >= 15 is 0 Å². The van der Waals surface area contributed by atoms with Crippen LogP contribution in [0.4, 0.5) is 13.2 Å². The lowest BCUT2D eigenvalue weighted by molar-refractivity contribution is -0.138. The number of hydrogen-bond donors (Lipinski definition) is 1. The molecule has 1 aromatic heterocycles. The number of aromatic nitrogens is 1. The van der Waals surface area contributed by atoms with Crippen molar-refractivity contribution in [1.29, 1.82) is 0 Å². The maximum absolute atomic E-state index is 13.3. The monoisotopic (exact) mass is 340 g/mol. The van der Waals surface area contributed by atoms with Gasteiger partial charge in [-0.3, -0.25) is 4.90 Å². The van der Waals surface area contributed by atoms with E-state index in [0.29, 0.717) is 11.7 Å². The Kier molecular flexibility index (Phi) is 4.40. The first kappa shape index (κ1) is 17.0. The van der Waals surface area contributed by atoms with E-state index < -0.39 is 23.9 Å². The van der Waals surface area contributed by atoms with Gasteiger partial charge in [0.05, 0.1) is 23.9 Å². The predicted octanol–water partition coefficient (Wildman–Crippen LogP) is 3.62. The summed E-state index contributed by atoms with van der Waals surface area (Å²) in [6.07, 6.45) is -4.84. The van der Waals surface area contributed by atoms with E-state index in [1.54, 1.807) is 17.9 Å². The molecule has 0 saturated carbocycles. The molecule has 7 heteroatoms. The molecule has 0 radical (unpaired) electrons. The number of likely N-dealkylation sites (tertiary alicyclic amines) is 1. The summed E-state index contributed by atoms with van der Waals surface area (Å²) in [5, 5.41) is 9.99. The zero-order valence-electron chi connectivity index (χ0n) is 13.5. The fourth-order valence-corrected chi connectivity index (χ4v) is 3.20. The fourth-order valence-electron chi connectivity index (χ4n) is 3.20. The summed E-state index contributed by atoms with van der Waals surface area (Å²) in [7, 11) is 0. The van der Waals surface area contributed by atoms with Crippen molar-refractivity contribution < 1.29 is 22.7 Å². The van der Waals surface area contributed by atoms with Crippen LogP contribution in [0.15, 0.2) is 28.7 Å². The van der Waals surface area contributed by atoms with Crippen molar-refractivity contribution in [2.24, 2.45) is 0 Å². The molecule has 1 N–H and O–H groups in total. The highest BCUT2D eigenvalue weighted by molar-refractivity contribution is 5.33. The zero-order chi connectivity index (χ0) is 17.5. The number of aliphatic hydroxyl groups is 1. The SMILES string of the molecule is Cc1nc(CN2C[C@H](O)C[C@H]2c2ccccc2C(F)(F)F)oc1C. The maximum Gasteiger partial charge on any atom is 0.416 e. The Bertz CT molecular complexity index is 707. The van der Waals surface area contributed by atoms with Crippen molar-refractivity contribution in [2.75, 3.05) is 6.54 Å². The van der Waals surface area contributed by atoms with Gasteiger partial charge in [0, 0.05) is 12.6 Å². The smallest absolute Gasteiger partial charge is 0.416 e. The summed E-state index contributed by atoms with van der Waals surface area (Å²) in [5.41, 5.74) is 0.285. The van der Waals surface area contributed by atoms with Crippen LogP contribution in [-0.2, 0) is 12.7 Å². The molecule has 1 fully saturated rings. The standard InChI is InChI=1S/C17H19F3N2O2/c1-10-11(2)24-16(21-10)9-22-8-12(23)7-15(22)13-5-3-4-6-14(13)17(18,19)20/h3-6,12,15,23H,7-9H2,1-2H3/t12-,15+/m1/s1. The molecule has 130 valence electrons. The molecule has 0 spiro atoms. The molecule has 0 unspecified atom stereocenters. The van der Waals surface area contributed by atoms with Crippen LogP contribution < -0.4 is 0 Å². The summed E-state index contributed by atoms with van der Waals surface area (Å²) in [4.78, 5) is 6.08. The second-order valence-electron chi connectivity index (χ2n) is 6.17. The number of rotatable bonds is 3. The zero-order valence-corrected chi connectivity index (χ0v) is 13.5. The van der Waals surface area contributed by atoms with Gasteiger partial charge in [-0.25, -0.2) is 4.98 Å². The second-order valence-corrected chi connectivity index (χ2v) is 6.17. The van der Waals surface area contributed by atoms with Crippen LogP contribution in [0.3, 0.4) is 0 Å². The average Bonchev–Trinajstić information content (AvgIpc) is 3.01. The number of hydrogen-bond acceptors (Lipinski definition) is 4. The lowest BCUT2D eigenvalue weighted by atomic mass is 9.97. The van der Waals surface area contributed by atoms with Gasteiger partial charge in [-0.2, -0.15) is 13.2 Å². The first-order valence-corrected chi connectivity index (χ1v) is 7.77. The molecule has 1 saturated heterocycles. The Balaban J connectivity index is 1.91. The van der Waals surface area contributed by atoms with Gasteiger partial charge in [0.15, 0.2) is 0 Å². The van der Waals surface area contributed by atoms with Crippen molar-refractivity contribution in [1.82, 2.24) is 9.88 Å². The molecule has 24 heavy (non-hydrogen) atoms. The van der Waals surface area contributed by atoms with Gasteiger partial charge >= 0.3 is 6.18 Å². The van der Waals surface area contributed by atoms with E-state index in [9.17, 15) is 18.3 Å². The first-order valence-electron chi connectivity index (χ1n) is 7.77. The summed E-state index contributed by atoms with van der Waals surface area (Å²) in [6, 6.07) is 5.00. The van der Waals surface area contributed by atoms with Crippen LogP contribution in [0, 0.1) is 13.8 Å². The lowest BCUT2D eigenvalue weighted by Gasteiger charge is -2.25. The molecule has 1 aliphatic heterocycles. The van der Waals surface area contributed by atoms with Crippen LogP contribution in [0.1, 0.15) is 40.9 Å². The van der Waals surface area contributed by atoms with Gasteiger partial charge < -0.3 is 9.52 Å². The Hall–Kier alpha value is -1.86. The number of nitrogens with zero attached hydrogens (tertiary/aromatic N) is 2. The summed E-state index contributed by atoms with van der Waals surface area (Å²) in [5.74, 6) is 1.14. The fraction of sp³-hybridized carbons (Fsp3) is 0.471. The Morgan fingerprint density at radius 3 is 2.62 bits per heavy atom. The minimum atomic E-state index is -4.42. The lowest BCUT2D eigenvalue weighted by Crippen LogP contribution is -2.26. The number of benzene rings is 1. The van der Waals surface area contributed by atoms with Crippen LogP contribution >= 0.6 is 0 Å². The first-order chi connectivity index (χ1) is 11.3. The molecule has 1 aliphatic rings. The summed E-state index contributed by atoms with van der Waals surface area (Å²) >= 11 is 0. The van der Waals surface area contributed by atoms with E-state index in [0.717, 1.165) is 11.8 Å². The average molecular weight is 340 g/mol.